The van der Waals surface area contributed by atoms with Gasteiger partial charge >= 0.3 is 0 Å². The number of rotatable bonds is 7. The zero-order valence-corrected chi connectivity index (χ0v) is 19.1. The highest BCUT2D eigenvalue weighted by Crippen LogP contribution is 2.35. The van der Waals surface area contributed by atoms with Gasteiger partial charge in [0.25, 0.3) is 25.7 Å². The Kier molecular flexibility index (Phi) is 6.89. The standard InChI is InChI=1S/C20H14Cl2N2O6S2/c21-17-8-4-5-9-19(17)24(31(27,28)13-12-15-6-2-1-3-7-15)32(29,30)16-10-11-18(22)20(14-16)23(25)26/h1-14H/b13-12+. The Labute approximate surface area is 194 Å². The second kappa shape index (κ2) is 9.29. The molecule has 8 nitrogen and oxygen atoms in total. The molecular weight excluding hydrogens is 499 g/mol. The van der Waals surface area contributed by atoms with E-state index in [1.165, 1.54) is 30.3 Å². The number of nitro benzene ring substituents is 1. The summed E-state index contributed by atoms with van der Waals surface area (Å²) in [6, 6.07) is 16.5. The number of hydrogen-bond donors (Lipinski definition) is 0. The van der Waals surface area contributed by atoms with Crippen LogP contribution in [0.4, 0.5) is 11.4 Å². The van der Waals surface area contributed by atoms with Crippen molar-refractivity contribution in [3.63, 3.8) is 0 Å². The van der Waals surface area contributed by atoms with Crippen LogP contribution in [-0.4, -0.2) is 21.8 Å². The molecule has 0 atom stereocenters. The highest BCUT2D eigenvalue weighted by molar-refractivity contribution is 8.11. The molecule has 3 rings (SSSR count). The van der Waals surface area contributed by atoms with Crippen molar-refractivity contribution in [3.8, 4) is 0 Å². The van der Waals surface area contributed by atoms with Crippen molar-refractivity contribution >= 4 is 60.7 Å². The van der Waals surface area contributed by atoms with Gasteiger partial charge in [-0.05, 0) is 35.9 Å². The molecule has 3 aromatic carbocycles. The van der Waals surface area contributed by atoms with Gasteiger partial charge in [0.2, 0.25) is 0 Å². The second-order valence-corrected chi connectivity index (χ2v) is 10.8. The lowest BCUT2D eigenvalue weighted by Crippen LogP contribution is -2.36. The molecule has 0 aliphatic heterocycles. The Hall–Kier alpha value is -2.92. The summed E-state index contributed by atoms with van der Waals surface area (Å²) in [5.41, 5.74) is -0.525. The summed E-state index contributed by atoms with van der Waals surface area (Å²) in [6.07, 6.45) is 1.22. The molecule has 0 N–H and O–H groups in total. The third kappa shape index (κ3) is 4.94. The summed E-state index contributed by atoms with van der Waals surface area (Å²) in [7, 11) is -9.53. The first-order valence-electron chi connectivity index (χ1n) is 8.76. The summed E-state index contributed by atoms with van der Waals surface area (Å²) < 4.78 is 53.4. The van der Waals surface area contributed by atoms with E-state index in [0.717, 1.165) is 12.1 Å². The third-order valence-electron chi connectivity index (χ3n) is 4.14. The van der Waals surface area contributed by atoms with Crippen LogP contribution in [0.3, 0.4) is 0 Å². The first kappa shape index (κ1) is 23.7. The first-order chi connectivity index (χ1) is 15.0. The van der Waals surface area contributed by atoms with Gasteiger partial charge < -0.3 is 0 Å². The van der Waals surface area contributed by atoms with Gasteiger partial charge in [-0.25, -0.2) is 16.8 Å². The van der Waals surface area contributed by atoms with Crippen LogP contribution in [0.5, 0.6) is 0 Å². The van der Waals surface area contributed by atoms with E-state index in [-0.39, 0.29) is 19.4 Å². The van der Waals surface area contributed by atoms with Crippen LogP contribution in [0.15, 0.2) is 83.1 Å². The fourth-order valence-corrected chi connectivity index (χ4v) is 6.67. The minimum absolute atomic E-state index is 0.134. The van der Waals surface area contributed by atoms with Crippen molar-refractivity contribution in [2.75, 3.05) is 3.71 Å². The van der Waals surface area contributed by atoms with E-state index in [4.69, 9.17) is 23.2 Å². The molecule has 0 unspecified atom stereocenters. The van der Waals surface area contributed by atoms with Gasteiger partial charge in [0, 0.05) is 6.07 Å². The molecule has 3 aromatic rings. The summed E-state index contributed by atoms with van der Waals surface area (Å²) in [5, 5.41) is 11.5. The lowest BCUT2D eigenvalue weighted by Gasteiger charge is -2.23. The van der Waals surface area contributed by atoms with Crippen LogP contribution in [-0.2, 0) is 20.0 Å². The number of halogens is 2. The number of para-hydroxylation sites is 1. The van der Waals surface area contributed by atoms with Crippen LogP contribution in [0, 0.1) is 10.1 Å². The number of nitrogens with zero attached hydrogens (tertiary/aromatic N) is 2. The summed E-state index contributed by atoms with van der Waals surface area (Å²) in [6.45, 7) is 0. The summed E-state index contributed by atoms with van der Waals surface area (Å²) in [5.74, 6) is 0. The van der Waals surface area contributed by atoms with E-state index in [2.05, 4.69) is 0 Å². The molecule has 0 amide bonds. The van der Waals surface area contributed by atoms with Crippen LogP contribution in [0.1, 0.15) is 5.56 Å². The third-order valence-corrected chi connectivity index (χ3v) is 8.62. The fourth-order valence-electron chi connectivity index (χ4n) is 2.68. The maximum atomic E-state index is 13.4. The molecule has 0 heterocycles. The Morgan fingerprint density at radius 1 is 0.844 bits per heavy atom. The summed E-state index contributed by atoms with van der Waals surface area (Å²) >= 11 is 11.9. The van der Waals surface area contributed by atoms with E-state index < -0.39 is 35.6 Å². The van der Waals surface area contributed by atoms with Crippen molar-refractivity contribution in [3.05, 3.63) is 104 Å². The molecule has 0 spiro atoms. The Bertz CT molecular complexity index is 1410. The number of nitro groups is 1. The van der Waals surface area contributed by atoms with Gasteiger partial charge in [-0.2, -0.15) is 3.71 Å². The van der Waals surface area contributed by atoms with Gasteiger partial charge in [0.1, 0.15) is 5.02 Å². The van der Waals surface area contributed by atoms with Crippen molar-refractivity contribution in [2.45, 2.75) is 4.90 Å². The highest BCUT2D eigenvalue weighted by atomic mass is 35.5. The smallest absolute Gasteiger partial charge is 0.258 e. The van der Waals surface area contributed by atoms with E-state index in [0.29, 0.717) is 17.0 Å². The second-order valence-electron chi connectivity index (χ2n) is 6.28. The zero-order chi connectivity index (χ0) is 23.5. The molecule has 166 valence electrons. The van der Waals surface area contributed by atoms with Crippen molar-refractivity contribution in [2.24, 2.45) is 0 Å². The lowest BCUT2D eigenvalue weighted by atomic mass is 10.2. The Balaban J connectivity index is 2.22. The number of benzene rings is 3. The van der Waals surface area contributed by atoms with Crippen molar-refractivity contribution in [1.29, 1.82) is 0 Å². The maximum absolute atomic E-state index is 13.4. The quantitative estimate of drug-likeness (QED) is 0.321. The first-order valence-corrected chi connectivity index (χ1v) is 12.5. The van der Waals surface area contributed by atoms with Crippen molar-refractivity contribution in [1.82, 2.24) is 0 Å². The average Bonchev–Trinajstić information content (AvgIpc) is 2.74. The molecule has 12 heteroatoms. The highest BCUT2D eigenvalue weighted by Gasteiger charge is 2.36. The molecule has 0 fully saturated rings. The molecular formula is C20H14Cl2N2O6S2. The monoisotopic (exact) mass is 512 g/mol. The Morgan fingerprint density at radius 2 is 1.47 bits per heavy atom. The lowest BCUT2D eigenvalue weighted by molar-refractivity contribution is -0.384. The number of anilines is 1. The summed E-state index contributed by atoms with van der Waals surface area (Å²) in [4.78, 5) is 9.70. The maximum Gasteiger partial charge on any atom is 0.289 e. The normalized spacial score (nSPS) is 12.1. The van der Waals surface area contributed by atoms with E-state index in [1.807, 2.05) is 0 Å². The topological polar surface area (TPSA) is 115 Å². The van der Waals surface area contributed by atoms with E-state index in [9.17, 15) is 26.9 Å². The predicted octanol–water partition coefficient (Wildman–Crippen LogP) is 5.10. The zero-order valence-electron chi connectivity index (χ0n) is 16.0. The molecule has 0 bridgehead atoms. The van der Waals surface area contributed by atoms with E-state index >= 15 is 0 Å². The fraction of sp³-hybridized carbons (Fsp3) is 0. The molecule has 0 aromatic heterocycles. The van der Waals surface area contributed by atoms with Gasteiger partial charge in [-0.3, -0.25) is 10.1 Å². The van der Waals surface area contributed by atoms with Gasteiger partial charge in [0.05, 0.1) is 25.9 Å². The van der Waals surface area contributed by atoms with Crippen LogP contribution in [0.25, 0.3) is 6.08 Å². The molecule has 0 saturated heterocycles. The molecule has 0 radical (unpaired) electrons. The van der Waals surface area contributed by atoms with Crippen LogP contribution in [0.2, 0.25) is 10.0 Å². The SMILES string of the molecule is O=[N+]([O-])c1cc(S(=O)(=O)N(c2ccccc2Cl)S(=O)(=O)/C=C/c2ccccc2)ccc1Cl. The van der Waals surface area contributed by atoms with E-state index in [1.54, 1.807) is 30.3 Å². The van der Waals surface area contributed by atoms with Gasteiger partial charge in [-0.15, -0.1) is 0 Å². The molecule has 0 aliphatic carbocycles. The van der Waals surface area contributed by atoms with Gasteiger partial charge in [0.15, 0.2) is 0 Å². The average molecular weight is 513 g/mol. The molecule has 0 aliphatic rings. The molecule has 0 saturated carbocycles. The minimum atomic E-state index is -4.86. The van der Waals surface area contributed by atoms with Crippen LogP contribution >= 0.6 is 23.2 Å². The molecule has 32 heavy (non-hydrogen) atoms. The van der Waals surface area contributed by atoms with Crippen molar-refractivity contribution < 1.29 is 21.8 Å². The van der Waals surface area contributed by atoms with Crippen LogP contribution < -0.4 is 3.71 Å². The van der Waals surface area contributed by atoms with Gasteiger partial charge in [-0.1, -0.05) is 65.7 Å². The Morgan fingerprint density at radius 3 is 2.09 bits per heavy atom. The predicted molar refractivity (Wildman–Crippen MR) is 124 cm³/mol. The minimum Gasteiger partial charge on any atom is -0.258 e. The largest absolute Gasteiger partial charge is 0.289 e. The number of sulfonamides is 2. The number of hydrogen-bond acceptors (Lipinski definition) is 6.